The smallest absolute Gasteiger partial charge is 0.348 e. The fourth-order valence-corrected chi connectivity index (χ4v) is 1.91. The molecule has 0 saturated carbocycles. The van der Waals surface area contributed by atoms with Gasteiger partial charge in [0.25, 0.3) is 0 Å². The number of benzene rings is 1. The number of hydrogen-bond donors (Lipinski definition) is 1. The molecule has 1 aromatic carbocycles. The summed E-state index contributed by atoms with van der Waals surface area (Å²) in [4.78, 5) is 23.4. The minimum absolute atomic E-state index is 0.00379. The third-order valence-electron chi connectivity index (χ3n) is 3.06. The number of ether oxygens (including phenoxy) is 3. The second-order valence-corrected chi connectivity index (χ2v) is 4.29. The number of carbonyl (C=O) groups is 2. The zero-order valence-corrected chi connectivity index (χ0v) is 11.8. The van der Waals surface area contributed by atoms with Crippen molar-refractivity contribution in [2.45, 2.75) is 6.92 Å². The van der Waals surface area contributed by atoms with Gasteiger partial charge in [0.05, 0.1) is 19.8 Å². The molecule has 21 heavy (non-hydrogen) atoms. The van der Waals surface area contributed by atoms with E-state index < -0.39 is 11.9 Å². The van der Waals surface area contributed by atoms with E-state index in [1.165, 1.54) is 21.1 Å². The van der Waals surface area contributed by atoms with Crippen LogP contribution in [0.25, 0.3) is 5.57 Å². The first-order valence-electron chi connectivity index (χ1n) is 6.09. The molecule has 0 saturated heterocycles. The number of rotatable bonds is 3. The van der Waals surface area contributed by atoms with Gasteiger partial charge in [-0.25, -0.2) is 9.59 Å². The summed E-state index contributed by atoms with van der Waals surface area (Å²) in [6.07, 6.45) is 0. The standard InChI is InChI=1S/C15H14O6/c1-8(14(17)20-3)13-12(16)11(15(18)21-13)9-4-6-10(19-2)7-5-9/h4-7,16H,1-3H3/b13-8+. The molecule has 0 atom stereocenters. The Kier molecular flexibility index (Phi) is 3.98. The Balaban J connectivity index is 2.49. The van der Waals surface area contributed by atoms with Crippen LogP contribution < -0.4 is 4.74 Å². The van der Waals surface area contributed by atoms with Crippen molar-refractivity contribution in [3.05, 3.63) is 46.9 Å². The molecule has 0 aliphatic carbocycles. The maximum Gasteiger partial charge on any atom is 0.348 e. The Bertz CT molecular complexity index is 651. The summed E-state index contributed by atoms with van der Waals surface area (Å²) in [6.45, 7) is 1.40. The molecular weight excluding hydrogens is 276 g/mol. The van der Waals surface area contributed by atoms with Crippen molar-refractivity contribution in [2.24, 2.45) is 0 Å². The highest BCUT2D eigenvalue weighted by Crippen LogP contribution is 2.34. The third-order valence-corrected chi connectivity index (χ3v) is 3.06. The highest BCUT2D eigenvalue weighted by molar-refractivity contribution is 6.21. The van der Waals surface area contributed by atoms with Crippen LogP contribution in [0, 0.1) is 0 Å². The molecular formula is C15H14O6. The van der Waals surface area contributed by atoms with Crippen LogP contribution in [0.15, 0.2) is 41.4 Å². The van der Waals surface area contributed by atoms with E-state index in [2.05, 4.69) is 4.74 Å². The lowest BCUT2D eigenvalue weighted by atomic mass is 10.0. The summed E-state index contributed by atoms with van der Waals surface area (Å²) < 4.78 is 14.5. The summed E-state index contributed by atoms with van der Waals surface area (Å²) in [5.74, 6) is -1.35. The number of hydrogen-bond acceptors (Lipinski definition) is 6. The molecule has 0 aromatic heterocycles. The first-order valence-corrected chi connectivity index (χ1v) is 6.09. The molecule has 1 aliphatic heterocycles. The summed E-state index contributed by atoms with van der Waals surface area (Å²) in [5, 5.41) is 10.2. The molecule has 2 rings (SSSR count). The quantitative estimate of drug-likeness (QED) is 0.677. The number of cyclic esters (lactones) is 1. The van der Waals surface area contributed by atoms with Crippen molar-refractivity contribution in [2.75, 3.05) is 14.2 Å². The second-order valence-electron chi connectivity index (χ2n) is 4.29. The van der Waals surface area contributed by atoms with Crippen LogP contribution in [0.3, 0.4) is 0 Å². The van der Waals surface area contributed by atoms with Crippen molar-refractivity contribution < 1.29 is 28.9 Å². The lowest BCUT2D eigenvalue weighted by Gasteiger charge is -2.03. The Labute approximate surface area is 121 Å². The van der Waals surface area contributed by atoms with E-state index in [0.29, 0.717) is 11.3 Å². The third kappa shape index (κ3) is 2.60. The predicted octanol–water partition coefficient (Wildman–Crippen LogP) is 1.97. The molecule has 1 aliphatic rings. The first-order chi connectivity index (χ1) is 9.99. The zero-order chi connectivity index (χ0) is 15.6. The first kappa shape index (κ1) is 14.6. The summed E-state index contributed by atoms with van der Waals surface area (Å²) >= 11 is 0. The van der Waals surface area contributed by atoms with Gasteiger partial charge in [0.2, 0.25) is 0 Å². The lowest BCUT2D eigenvalue weighted by molar-refractivity contribution is -0.136. The molecule has 0 radical (unpaired) electrons. The van der Waals surface area contributed by atoms with Crippen molar-refractivity contribution in [1.29, 1.82) is 0 Å². The minimum Gasteiger partial charge on any atom is -0.504 e. The Morgan fingerprint density at radius 2 is 1.81 bits per heavy atom. The van der Waals surface area contributed by atoms with Crippen LogP contribution in [-0.2, 0) is 19.1 Å². The maximum atomic E-state index is 11.9. The van der Waals surface area contributed by atoms with Crippen molar-refractivity contribution in [1.82, 2.24) is 0 Å². The van der Waals surface area contributed by atoms with Crippen LogP contribution in [0.1, 0.15) is 12.5 Å². The topological polar surface area (TPSA) is 82.1 Å². The monoisotopic (exact) mass is 290 g/mol. The number of carbonyl (C=O) groups excluding carboxylic acids is 2. The summed E-state index contributed by atoms with van der Waals surface area (Å²) in [7, 11) is 2.73. The molecule has 0 fully saturated rings. The van der Waals surface area contributed by atoms with Crippen molar-refractivity contribution >= 4 is 17.5 Å². The van der Waals surface area contributed by atoms with Gasteiger partial charge >= 0.3 is 11.9 Å². The molecule has 0 amide bonds. The van der Waals surface area contributed by atoms with Crippen molar-refractivity contribution in [3.63, 3.8) is 0 Å². The van der Waals surface area contributed by atoms with Crippen LogP contribution in [-0.4, -0.2) is 31.3 Å². The van der Waals surface area contributed by atoms with E-state index in [0.717, 1.165) is 0 Å². The van der Waals surface area contributed by atoms with Gasteiger partial charge in [0.1, 0.15) is 11.3 Å². The van der Waals surface area contributed by atoms with Gasteiger partial charge < -0.3 is 19.3 Å². The van der Waals surface area contributed by atoms with E-state index in [1.54, 1.807) is 24.3 Å². The maximum absolute atomic E-state index is 11.9. The molecule has 0 spiro atoms. The fraction of sp³-hybridized carbons (Fsp3) is 0.200. The Morgan fingerprint density at radius 3 is 2.33 bits per heavy atom. The zero-order valence-electron chi connectivity index (χ0n) is 11.8. The molecule has 1 aromatic rings. The van der Waals surface area contributed by atoms with Crippen LogP contribution in [0.4, 0.5) is 0 Å². The highest BCUT2D eigenvalue weighted by atomic mass is 16.6. The van der Waals surface area contributed by atoms with Gasteiger partial charge in [-0.1, -0.05) is 12.1 Å². The fourth-order valence-electron chi connectivity index (χ4n) is 1.91. The summed E-state index contributed by atoms with van der Waals surface area (Å²) in [5.41, 5.74) is 0.480. The normalized spacial score (nSPS) is 16.6. The number of methoxy groups -OCH3 is 2. The molecule has 6 nitrogen and oxygen atoms in total. The highest BCUT2D eigenvalue weighted by Gasteiger charge is 2.34. The molecule has 1 heterocycles. The van der Waals surface area contributed by atoms with E-state index in [4.69, 9.17) is 9.47 Å². The van der Waals surface area contributed by atoms with Crippen LogP contribution in [0.2, 0.25) is 0 Å². The predicted molar refractivity (Wildman–Crippen MR) is 73.4 cm³/mol. The SMILES string of the molecule is COC(=O)/C(C)=C1/OC(=O)C(c2ccc(OC)cc2)=C1O. The molecule has 0 unspecified atom stereocenters. The van der Waals surface area contributed by atoms with Crippen LogP contribution >= 0.6 is 0 Å². The van der Waals surface area contributed by atoms with Gasteiger partial charge in [0.15, 0.2) is 11.5 Å². The van der Waals surface area contributed by atoms with E-state index in [1.807, 2.05) is 0 Å². The molecule has 1 N–H and O–H groups in total. The molecule has 110 valence electrons. The van der Waals surface area contributed by atoms with Gasteiger partial charge in [-0.05, 0) is 24.6 Å². The number of esters is 2. The van der Waals surface area contributed by atoms with Gasteiger partial charge in [-0.3, -0.25) is 0 Å². The average Bonchev–Trinajstić information content (AvgIpc) is 2.80. The average molecular weight is 290 g/mol. The molecule has 6 heteroatoms. The van der Waals surface area contributed by atoms with E-state index >= 15 is 0 Å². The number of aliphatic hydroxyl groups excluding tert-OH is 1. The van der Waals surface area contributed by atoms with E-state index in [-0.39, 0.29) is 22.7 Å². The summed E-state index contributed by atoms with van der Waals surface area (Å²) in [6, 6.07) is 6.53. The Morgan fingerprint density at radius 1 is 1.19 bits per heavy atom. The second kappa shape index (κ2) is 5.70. The Hall–Kier alpha value is -2.76. The van der Waals surface area contributed by atoms with Gasteiger partial charge in [0, 0.05) is 0 Å². The van der Waals surface area contributed by atoms with Crippen LogP contribution in [0.5, 0.6) is 5.75 Å². The van der Waals surface area contributed by atoms with Gasteiger partial charge in [-0.15, -0.1) is 0 Å². The molecule has 0 bridgehead atoms. The largest absolute Gasteiger partial charge is 0.504 e. The van der Waals surface area contributed by atoms with Gasteiger partial charge in [-0.2, -0.15) is 0 Å². The lowest BCUT2D eigenvalue weighted by Crippen LogP contribution is -2.06. The van der Waals surface area contributed by atoms with E-state index in [9.17, 15) is 14.7 Å². The minimum atomic E-state index is -0.726. The van der Waals surface area contributed by atoms with Crippen molar-refractivity contribution in [3.8, 4) is 5.75 Å². The number of aliphatic hydroxyl groups is 1.